The van der Waals surface area contributed by atoms with Crippen LogP contribution in [0.5, 0.6) is 11.5 Å². The van der Waals surface area contributed by atoms with E-state index in [1.54, 1.807) is 18.2 Å². The zero-order valence-corrected chi connectivity index (χ0v) is 10.8. The molecule has 0 atom stereocenters. The van der Waals surface area contributed by atoms with Crippen LogP contribution in [0.4, 0.5) is 0 Å². The molecule has 0 aliphatic rings. The molecule has 0 bridgehead atoms. The molecule has 3 N–H and O–H groups in total. The lowest BCUT2D eigenvalue weighted by Crippen LogP contribution is -2.17. The summed E-state index contributed by atoms with van der Waals surface area (Å²) in [7, 11) is 0. The van der Waals surface area contributed by atoms with Crippen molar-refractivity contribution in [1.82, 2.24) is 15.6 Å². The second kappa shape index (κ2) is 6.37. The number of H-pyrrole nitrogens is 1. The highest BCUT2D eigenvalue weighted by Gasteiger charge is 2.05. The van der Waals surface area contributed by atoms with Gasteiger partial charge in [-0.05, 0) is 36.8 Å². The van der Waals surface area contributed by atoms with Gasteiger partial charge in [0.05, 0.1) is 12.8 Å². The van der Waals surface area contributed by atoms with E-state index in [9.17, 15) is 9.90 Å². The summed E-state index contributed by atoms with van der Waals surface area (Å²) in [6.07, 6.45) is 2.93. The molecular formula is C13H14N4O3. The van der Waals surface area contributed by atoms with Gasteiger partial charge < -0.3 is 9.84 Å². The molecule has 0 saturated heterocycles. The number of hydrogen-bond acceptors (Lipinski definition) is 5. The Kier molecular flexibility index (Phi) is 4.33. The Hall–Kier alpha value is -2.83. The van der Waals surface area contributed by atoms with Gasteiger partial charge in [0.1, 0.15) is 5.69 Å². The molecule has 20 heavy (non-hydrogen) atoms. The number of phenolic OH excluding ortho intramolecular Hbond substituents is 1. The fourth-order valence-electron chi connectivity index (χ4n) is 1.49. The van der Waals surface area contributed by atoms with E-state index < -0.39 is 0 Å². The van der Waals surface area contributed by atoms with Crippen molar-refractivity contribution < 1.29 is 14.6 Å². The van der Waals surface area contributed by atoms with Gasteiger partial charge in [0.2, 0.25) is 0 Å². The lowest BCUT2D eigenvalue weighted by atomic mass is 10.2. The zero-order valence-electron chi connectivity index (χ0n) is 10.8. The lowest BCUT2D eigenvalue weighted by Gasteiger charge is -2.05. The minimum atomic E-state index is -0.387. The number of benzene rings is 1. The molecule has 0 fully saturated rings. The first-order chi connectivity index (χ1) is 9.70. The summed E-state index contributed by atoms with van der Waals surface area (Å²) >= 11 is 0. The largest absolute Gasteiger partial charge is 0.504 e. The average Bonchev–Trinajstić information content (AvgIpc) is 2.96. The number of carbonyl (C=O) groups excluding carboxylic acids is 1. The molecule has 0 radical (unpaired) electrons. The number of ether oxygens (including phenoxy) is 1. The molecule has 7 nitrogen and oxygen atoms in total. The predicted octanol–water partition coefficient (Wildman–Crippen LogP) is 1.28. The first kappa shape index (κ1) is 13.6. The van der Waals surface area contributed by atoms with Crippen molar-refractivity contribution in [3.63, 3.8) is 0 Å². The quantitative estimate of drug-likeness (QED) is 0.564. The van der Waals surface area contributed by atoms with E-state index in [1.807, 2.05) is 6.92 Å². The van der Waals surface area contributed by atoms with Crippen LogP contribution in [0.1, 0.15) is 23.0 Å². The maximum absolute atomic E-state index is 11.6. The predicted molar refractivity (Wildman–Crippen MR) is 72.9 cm³/mol. The highest BCUT2D eigenvalue weighted by molar-refractivity contribution is 5.93. The minimum Gasteiger partial charge on any atom is -0.504 e. The van der Waals surface area contributed by atoms with Gasteiger partial charge in [-0.3, -0.25) is 9.89 Å². The summed E-state index contributed by atoms with van der Waals surface area (Å²) in [6, 6.07) is 6.33. The van der Waals surface area contributed by atoms with Crippen LogP contribution < -0.4 is 10.2 Å². The SMILES string of the molecule is CCOc1cc(/C=N\NC(=O)c2ccn[nH]2)ccc1O. The number of rotatable bonds is 5. The number of phenols is 1. The van der Waals surface area contributed by atoms with Crippen molar-refractivity contribution >= 4 is 12.1 Å². The summed E-state index contributed by atoms with van der Waals surface area (Å²) < 4.78 is 5.25. The van der Waals surface area contributed by atoms with Gasteiger partial charge in [-0.1, -0.05) is 0 Å². The molecule has 2 aromatic rings. The Morgan fingerprint density at radius 1 is 1.55 bits per heavy atom. The van der Waals surface area contributed by atoms with Crippen molar-refractivity contribution in [2.75, 3.05) is 6.61 Å². The number of aromatic amines is 1. The summed E-state index contributed by atoms with van der Waals surface area (Å²) in [4.78, 5) is 11.6. The van der Waals surface area contributed by atoms with Crippen LogP contribution in [0.3, 0.4) is 0 Å². The molecule has 0 saturated carbocycles. The zero-order chi connectivity index (χ0) is 14.4. The second-order valence-corrected chi connectivity index (χ2v) is 3.83. The van der Waals surface area contributed by atoms with Crippen molar-refractivity contribution in [3.8, 4) is 11.5 Å². The Morgan fingerprint density at radius 3 is 3.10 bits per heavy atom. The van der Waals surface area contributed by atoms with Crippen LogP contribution in [0.15, 0.2) is 35.6 Å². The van der Waals surface area contributed by atoms with E-state index in [2.05, 4.69) is 20.7 Å². The highest BCUT2D eigenvalue weighted by atomic mass is 16.5. The van der Waals surface area contributed by atoms with Crippen LogP contribution in [0.2, 0.25) is 0 Å². The minimum absolute atomic E-state index is 0.0606. The van der Waals surface area contributed by atoms with E-state index in [4.69, 9.17) is 4.74 Å². The third-order valence-electron chi connectivity index (χ3n) is 2.41. The average molecular weight is 274 g/mol. The Morgan fingerprint density at radius 2 is 2.40 bits per heavy atom. The molecule has 104 valence electrons. The summed E-state index contributed by atoms with van der Waals surface area (Å²) in [6.45, 7) is 2.27. The lowest BCUT2D eigenvalue weighted by molar-refractivity contribution is 0.0950. The van der Waals surface area contributed by atoms with Crippen molar-refractivity contribution in [2.45, 2.75) is 6.92 Å². The van der Waals surface area contributed by atoms with Crippen LogP contribution >= 0.6 is 0 Å². The van der Waals surface area contributed by atoms with Gasteiger partial charge in [0.25, 0.3) is 5.91 Å². The molecule has 1 aromatic heterocycles. The topological polar surface area (TPSA) is 99.6 Å². The number of hydrazone groups is 1. The number of nitrogens with one attached hydrogen (secondary N) is 2. The molecular weight excluding hydrogens is 260 g/mol. The van der Waals surface area contributed by atoms with Gasteiger partial charge in [-0.25, -0.2) is 5.43 Å². The van der Waals surface area contributed by atoms with E-state index in [0.717, 1.165) is 0 Å². The molecule has 0 aliphatic heterocycles. The summed E-state index contributed by atoms with van der Waals surface area (Å²) in [5, 5.41) is 19.6. The van der Waals surface area contributed by atoms with E-state index in [-0.39, 0.29) is 11.7 Å². The van der Waals surface area contributed by atoms with Crippen LogP contribution in [0, 0.1) is 0 Å². The van der Waals surface area contributed by atoms with Gasteiger partial charge in [0.15, 0.2) is 11.5 Å². The first-order valence-corrected chi connectivity index (χ1v) is 5.99. The number of nitrogens with zero attached hydrogens (tertiary/aromatic N) is 2. The Balaban J connectivity index is 2.01. The number of carbonyl (C=O) groups is 1. The fraction of sp³-hybridized carbons (Fsp3) is 0.154. The second-order valence-electron chi connectivity index (χ2n) is 3.83. The van der Waals surface area contributed by atoms with Crippen molar-refractivity contribution in [2.24, 2.45) is 5.10 Å². The maximum Gasteiger partial charge on any atom is 0.289 e. The van der Waals surface area contributed by atoms with Gasteiger partial charge in [-0.2, -0.15) is 10.2 Å². The molecule has 1 amide bonds. The Bertz CT molecular complexity index is 608. The van der Waals surface area contributed by atoms with Crippen LogP contribution in [-0.2, 0) is 0 Å². The molecule has 1 aromatic carbocycles. The molecule has 0 spiro atoms. The number of aromatic hydroxyl groups is 1. The first-order valence-electron chi connectivity index (χ1n) is 5.99. The van der Waals surface area contributed by atoms with E-state index >= 15 is 0 Å². The number of amides is 1. The monoisotopic (exact) mass is 274 g/mol. The van der Waals surface area contributed by atoms with Crippen molar-refractivity contribution in [3.05, 3.63) is 41.7 Å². The maximum atomic E-state index is 11.6. The van der Waals surface area contributed by atoms with Crippen molar-refractivity contribution in [1.29, 1.82) is 0 Å². The fourth-order valence-corrected chi connectivity index (χ4v) is 1.49. The Labute approximate surface area is 115 Å². The highest BCUT2D eigenvalue weighted by Crippen LogP contribution is 2.26. The summed E-state index contributed by atoms with van der Waals surface area (Å²) in [5.74, 6) is 0.0457. The van der Waals surface area contributed by atoms with Gasteiger partial charge in [-0.15, -0.1) is 0 Å². The van der Waals surface area contributed by atoms with Crippen LogP contribution in [-0.4, -0.2) is 34.0 Å². The van der Waals surface area contributed by atoms with Crippen LogP contribution in [0.25, 0.3) is 0 Å². The smallest absolute Gasteiger partial charge is 0.289 e. The number of aromatic nitrogens is 2. The molecule has 0 unspecified atom stereocenters. The van der Waals surface area contributed by atoms with Gasteiger partial charge >= 0.3 is 0 Å². The van der Waals surface area contributed by atoms with Gasteiger partial charge in [0, 0.05) is 6.20 Å². The number of hydrogen-bond donors (Lipinski definition) is 3. The normalized spacial score (nSPS) is 10.7. The standard InChI is InChI=1S/C13H14N4O3/c1-2-20-12-7-9(3-4-11(12)18)8-15-17-13(19)10-5-6-14-16-10/h3-8,18H,2H2,1H3,(H,14,16)(H,17,19)/b15-8-. The van der Waals surface area contributed by atoms with E-state index in [1.165, 1.54) is 18.5 Å². The third kappa shape index (κ3) is 3.35. The third-order valence-corrected chi connectivity index (χ3v) is 2.41. The summed E-state index contributed by atoms with van der Waals surface area (Å²) in [5.41, 5.74) is 3.37. The molecule has 7 heteroatoms. The van der Waals surface area contributed by atoms with E-state index in [0.29, 0.717) is 23.6 Å². The molecule has 1 heterocycles. The molecule has 2 rings (SSSR count). The molecule has 0 aliphatic carbocycles.